The Morgan fingerprint density at radius 1 is 0.743 bits per heavy atom. The number of carbonyl (C=O) groups is 2. The largest absolute Gasteiger partial charge is 0.493 e. The summed E-state index contributed by atoms with van der Waals surface area (Å²) >= 11 is 0. The molecule has 0 aromatic heterocycles. The Balaban J connectivity index is 1.72. The Bertz CT molecular complexity index is 959. The van der Waals surface area contributed by atoms with Crippen molar-refractivity contribution in [2.75, 3.05) is 40.6 Å². The number of benzene rings is 2. The molecule has 2 aromatic rings. The van der Waals surface area contributed by atoms with E-state index in [-0.39, 0.29) is 13.2 Å². The molecular weight excluding hydrogens is 456 g/mol. The van der Waals surface area contributed by atoms with Crippen molar-refractivity contribution in [2.45, 2.75) is 13.8 Å². The zero-order valence-electron chi connectivity index (χ0n) is 20.2. The Morgan fingerprint density at radius 3 is 1.54 bits per heavy atom. The third-order valence-electron chi connectivity index (χ3n) is 4.25. The average Bonchev–Trinajstić information content (AvgIpc) is 2.86. The summed E-state index contributed by atoms with van der Waals surface area (Å²) in [5.41, 5.74) is 6.05. The molecule has 0 aliphatic heterocycles. The SMILES string of the molecule is CCOc1ccc(/C=N\NC(=O)COCC(=O)N/N=C\c2ccc(OCC)c(OC)c2)cc1OC. The fraction of sp³-hybridized carbons (Fsp3) is 0.333. The minimum Gasteiger partial charge on any atom is -0.493 e. The van der Waals surface area contributed by atoms with Crippen LogP contribution in [-0.2, 0) is 14.3 Å². The van der Waals surface area contributed by atoms with Gasteiger partial charge in [0.2, 0.25) is 0 Å². The summed E-state index contributed by atoms with van der Waals surface area (Å²) < 4.78 is 26.5. The first-order chi connectivity index (χ1) is 17.0. The van der Waals surface area contributed by atoms with E-state index in [2.05, 4.69) is 21.1 Å². The van der Waals surface area contributed by atoms with Gasteiger partial charge in [-0.05, 0) is 61.4 Å². The molecule has 0 aliphatic carbocycles. The van der Waals surface area contributed by atoms with Crippen molar-refractivity contribution in [1.29, 1.82) is 0 Å². The van der Waals surface area contributed by atoms with Crippen molar-refractivity contribution in [2.24, 2.45) is 10.2 Å². The molecule has 2 amide bonds. The van der Waals surface area contributed by atoms with E-state index in [0.29, 0.717) is 47.3 Å². The quantitative estimate of drug-likeness (QED) is 0.309. The predicted molar refractivity (Wildman–Crippen MR) is 131 cm³/mol. The third-order valence-corrected chi connectivity index (χ3v) is 4.25. The summed E-state index contributed by atoms with van der Waals surface area (Å²) in [6.07, 6.45) is 2.90. The number of ether oxygens (including phenoxy) is 5. The summed E-state index contributed by atoms with van der Waals surface area (Å²) in [6.45, 7) is 4.09. The summed E-state index contributed by atoms with van der Waals surface area (Å²) in [5.74, 6) is 1.31. The highest BCUT2D eigenvalue weighted by molar-refractivity contribution is 5.85. The van der Waals surface area contributed by atoms with Gasteiger partial charge in [-0.2, -0.15) is 10.2 Å². The monoisotopic (exact) mass is 486 g/mol. The van der Waals surface area contributed by atoms with Crippen LogP contribution in [0.3, 0.4) is 0 Å². The van der Waals surface area contributed by atoms with Gasteiger partial charge in [0.05, 0.1) is 39.9 Å². The maximum absolute atomic E-state index is 11.8. The number of nitrogens with one attached hydrogen (secondary N) is 2. The average molecular weight is 487 g/mol. The number of amides is 2. The molecule has 0 aliphatic rings. The molecule has 0 unspecified atom stereocenters. The minimum atomic E-state index is -0.517. The van der Waals surface area contributed by atoms with Crippen molar-refractivity contribution in [3.8, 4) is 23.0 Å². The number of hydrogen-bond donors (Lipinski definition) is 2. The van der Waals surface area contributed by atoms with Crippen molar-refractivity contribution >= 4 is 24.2 Å². The third kappa shape index (κ3) is 9.33. The van der Waals surface area contributed by atoms with Crippen LogP contribution in [0.1, 0.15) is 25.0 Å². The number of methoxy groups -OCH3 is 2. The van der Waals surface area contributed by atoms with Crippen LogP contribution in [0.5, 0.6) is 23.0 Å². The van der Waals surface area contributed by atoms with Crippen molar-refractivity contribution < 1.29 is 33.3 Å². The summed E-state index contributed by atoms with van der Waals surface area (Å²) in [7, 11) is 3.08. The number of hydrogen-bond acceptors (Lipinski definition) is 9. The highest BCUT2D eigenvalue weighted by Gasteiger charge is 2.07. The van der Waals surface area contributed by atoms with Crippen molar-refractivity contribution in [3.63, 3.8) is 0 Å². The van der Waals surface area contributed by atoms with Crippen LogP contribution >= 0.6 is 0 Å². The van der Waals surface area contributed by atoms with Crippen LogP contribution in [-0.4, -0.2) is 64.9 Å². The highest BCUT2D eigenvalue weighted by Crippen LogP contribution is 2.28. The summed E-state index contributed by atoms with van der Waals surface area (Å²) in [6, 6.07) is 10.5. The minimum absolute atomic E-state index is 0.350. The second-order valence-corrected chi connectivity index (χ2v) is 6.77. The fourth-order valence-corrected chi connectivity index (χ4v) is 2.74. The molecule has 35 heavy (non-hydrogen) atoms. The highest BCUT2D eigenvalue weighted by atomic mass is 16.5. The lowest BCUT2D eigenvalue weighted by atomic mass is 10.2. The van der Waals surface area contributed by atoms with Gasteiger partial charge in [-0.3, -0.25) is 9.59 Å². The molecule has 0 fully saturated rings. The topological polar surface area (TPSA) is 129 Å². The number of nitrogens with zero attached hydrogens (tertiary/aromatic N) is 2. The van der Waals surface area contributed by atoms with Crippen LogP contribution in [0, 0.1) is 0 Å². The Hall–Kier alpha value is -4.12. The molecule has 2 N–H and O–H groups in total. The fourth-order valence-electron chi connectivity index (χ4n) is 2.74. The lowest BCUT2D eigenvalue weighted by molar-refractivity contribution is -0.130. The first kappa shape index (κ1) is 27.1. The van der Waals surface area contributed by atoms with Crippen LogP contribution in [0.4, 0.5) is 0 Å². The second-order valence-electron chi connectivity index (χ2n) is 6.77. The molecular formula is C24H30N4O7. The summed E-state index contributed by atoms with van der Waals surface area (Å²) in [5, 5.41) is 7.72. The van der Waals surface area contributed by atoms with Crippen molar-refractivity contribution in [1.82, 2.24) is 10.9 Å². The van der Waals surface area contributed by atoms with Gasteiger partial charge < -0.3 is 23.7 Å². The van der Waals surface area contributed by atoms with Crippen LogP contribution in [0.2, 0.25) is 0 Å². The lowest BCUT2D eigenvalue weighted by Crippen LogP contribution is -2.28. The number of hydrazone groups is 2. The molecule has 0 radical (unpaired) electrons. The van der Waals surface area contributed by atoms with Gasteiger partial charge in [0, 0.05) is 0 Å². The molecule has 2 rings (SSSR count). The lowest BCUT2D eigenvalue weighted by Gasteiger charge is -2.09. The maximum Gasteiger partial charge on any atom is 0.266 e. The predicted octanol–water partition coefficient (Wildman–Crippen LogP) is 2.12. The molecule has 0 saturated carbocycles. The zero-order valence-corrected chi connectivity index (χ0v) is 20.2. The molecule has 0 saturated heterocycles. The molecule has 2 aromatic carbocycles. The first-order valence-corrected chi connectivity index (χ1v) is 10.8. The molecule has 0 bridgehead atoms. The van der Waals surface area contributed by atoms with Gasteiger partial charge >= 0.3 is 0 Å². The van der Waals surface area contributed by atoms with Crippen molar-refractivity contribution in [3.05, 3.63) is 47.5 Å². The van der Waals surface area contributed by atoms with Gasteiger partial charge in [0.25, 0.3) is 11.8 Å². The Kier molecular flexibility index (Phi) is 11.6. The molecule has 11 heteroatoms. The van der Waals surface area contributed by atoms with Gasteiger partial charge in [-0.25, -0.2) is 10.9 Å². The van der Waals surface area contributed by atoms with Gasteiger partial charge in [-0.15, -0.1) is 0 Å². The van der Waals surface area contributed by atoms with E-state index in [1.165, 1.54) is 26.6 Å². The Labute approximate surface area is 204 Å². The maximum atomic E-state index is 11.8. The van der Waals surface area contributed by atoms with E-state index >= 15 is 0 Å². The van der Waals surface area contributed by atoms with Gasteiger partial charge in [0.15, 0.2) is 23.0 Å². The normalized spacial score (nSPS) is 10.9. The standard InChI is InChI=1S/C24H30N4O7/c1-5-34-19-9-7-17(11-21(19)31-3)13-25-27-23(29)15-33-16-24(30)28-26-14-18-8-10-20(35-6-2)22(12-18)32-4/h7-14H,5-6,15-16H2,1-4H3,(H,27,29)(H,28,30)/b25-13-,26-14-. The van der Waals surface area contributed by atoms with E-state index in [9.17, 15) is 9.59 Å². The molecule has 188 valence electrons. The molecule has 0 heterocycles. The van der Waals surface area contributed by atoms with Crippen LogP contribution < -0.4 is 29.8 Å². The molecule has 0 atom stereocenters. The number of carbonyl (C=O) groups excluding carboxylic acids is 2. The zero-order chi connectivity index (χ0) is 25.5. The van der Waals surface area contributed by atoms with E-state index in [0.717, 1.165) is 0 Å². The summed E-state index contributed by atoms with van der Waals surface area (Å²) in [4.78, 5) is 23.7. The van der Waals surface area contributed by atoms with Crippen LogP contribution in [0.25, 0.3) is 0 Å². The van der Waals surface area contributed by atoms with Gasteiger partial charge in [0.1, 0.15) is 13.2 Å². The molecule has 11 nitrogen and oxygen atoms in total. The smallest absolute Gasteiger partial charge is 0.266 e. The van der Waals surface area contributed by atoms with E-state index < -0.39 is 11.8 Å². The first-order valence-electron chi connectivity index (χ1n) is 10.8. The van der Waals surface area contributed by atoms with Gasteiger partial charge in [-0.1, -0.05) is 0 Å². The second kappa shape index (κ2) is 14.9. The molecule has 0 spiro atoms. The van der Waals surface area contributed by atoms with E-state index in [1.54, 1.807) is 36.4 Å². The number of rotatable bonds is 14. The van der Waals surface area contributed by atoms with Crippen LogP contribution in [0.15, 0.2) is 46.6 Å². The Morgan fingerprint density at radius 2 is 1.17 bits per heavy atom. The van der Waals surface area contributed by atoms with E-state index in [1.807, 2.05) is 13.8 Å². The van der Waals surface area contributed by atoms with E-state index in [4.69, 9.17) is 23.7 Å².